The van der Waals surface area contributed by atoms with E-state index in [0.29, 0.717) is 29.5 Å². The molecule has 6 nitrogen and oxygen atoms in total. The molecular weight excluding hydrogens is 347 g/mol. The van der Waals surface area contributed by atoms with Crippen LogP contribution in [0.2, 0.25) is 0 Å². The fraction of sp³-hybridized carbons (Fsp3) is 0.150. The van der Waals surface area contributed by atoms with Crippen LogP contribution >= 0.6 is 0 Å². The van der Waals surface area contributed by atoms with Gasteiger partial charge < -0.3 is 13.8 Å². The van der Waals surface area contributed by atoms with Crippen molar-refractivity contribution in [1.29, 1.82) is 0 Å². The van der Waals surface area contributed by atoms with Crippen molar-refractivity contribution in [2.75, 3.05) is 0 Å². The van der Waals surface area contributed by atoms with Crippen LogP contribution in [0.3, 0.4) is 0 Å². The molecule has 4 aromatic rings. The van der Waals surface area contributed by atoms with Crippen molar-refractivity contribution in [3.8, 4) is 23.0 Å². The van der Waals surface area contributed by atoms with E-state index in [1.54, 1.807) is 24.5 Å². The minimum Gasteiger partial charge on any atom is -0.365 e. The molecule has 5 rings (SSSR count). The molecular formula is C20H15FN4O2. The number of hydrogen-bond donors (Lipinski definition) is 0. The molecule has 0 spiro atoms. The summed E-state index contributed by atoms with van der Waals surface area (Å²) in [6.07, 6.45) is 1.34. The Hall–Kier alpha value is -3.32. The van der Waals surface area contributed by atoms with E-state index in [1.165, 1.54) is 6.07 Å². The lowest BCUT2D eigenvalue weighted by atomic mass is 10.1. The van der Waals surface area contributed by atoms with E-state index in [2.05, 4.69) is 15.1 Å². The van der Waals surface area contributed by atoms with Gasteiger partial charge in [0.25, 0.3) is 5.89 Å². The Bertz CT molecular complexity index is 1090. The third-order valence-corrected chi connectivity index (χ3v) is 4.64. The first-order chi connectivity index (χ1) is 13.3. The molecule has 1 aliphatic rings. The molecule has 7 heteroatoms. The number of nitrogens with zero attached hydrogens (tertiary/aromatic N) is 4. The highest BCUT2D eigenvalue weighted by molar-refractivity contribution is 5.58. The molecule has 0 fully saturated rings. The summed E-state index contributed by atoms with van der Waals surface area (Å²) >= 11 is 0. The Balaban J connectivity index is 1.44. The van der Waals surface area contributed by atoms with Crippen molar-refractivity contribution in [3.63, 3.8) is 0 Å². The second kappa shape index (κ2) is 6.44. The third kappa shape index (κ3) is 2.82. The number of benzene rings is 2. The highest BCUT2D eigenvalue weighted by Gasteiger charge is 2.27. The number of hydrogen-bond acceptors (Lipinski definition) is 5. The van der Waals surface area contributed by atoms with Gasteiger partial charge in [-0.25, -0.2) is 9.37 Å². The first-order valence-electron chi connectivity index (χ1n) is 8.59. The van der Waals surface area contributed by atoms with E-state index in [-0.39, 0.29) is 18.5 Å². The van der Waals surface area contributed by atoms with Crippen molar-refractivity contribution in [2.24, 2.45) is 0 Å². The molecule has 0 radical (unpaired) electrons. The number of imidazole rings is 1. The molecule has 0 amide bonds. The van der Waals surface area contributed by atoms with Crippen LogP contribution in [0.5, 0.6) is 0 Å². The standard InChI is InChI=1S/C20H15FN4O2/c21-15-9-5-4-8-14(15)17-10-25-12-22-18(16(25)11-26-17)20-23-19(24-27-20)13-6-2-1-3-7-13/h1-9,12,17H,10-11H2/t17-/m0/s1. The van der Waals surface area contributed by atoms with Crippen molar-refractivity contribution in [3.05, 3.63) is 78.0 Å². The van der Waals surface area contributed by atoms with Crippen LogP contribution in [0, 0.1) is 5.82 Å². The Kier molecular flexibility index (Phi) is 3.79. The van der Waals surface area contributed by atoms with Crippen molar-refractivity contribution in [2.45, 2.75) is 19.3 Å². The number of rotatable bonds is 3. The van der Waals surface area contributed by atoms with Gasteiger partial charge in [0.1, 0.15) is 11.9 Å². The summed E-state index contributed by atoms with van der Waals surface area (Å²) in [5.41, 5.74) is 2.85. The van der Waals surface area contributed by atoms with Gasteiger partial charge in [-0.05, 0) is 6.07 Å². The Morgan fingerprint density at radius 2 is 1.85 bits per heavy atom. The summed E-state index contributed by atoms with van der Waals surface area (Å²) in [5, 5.41) is 4.04. The topological polar surface area (TPSA) is 66.0 Å². The zero-order valence-corrected chi connectivity index (χ0v) is 14.2. The number of ether oxygens (including phenoxy) is 1. The summed E-state index contributed by atoms with van der Waals surface area (Å²) in [7, 11) is 0. The zero-order chi connectivity index (χ0) is 18.2. The molecule has 27 heavy (non-hydrogen) atoms. The summed E-state index contributed by atoms with van der Waals surface area (Å²) in [4.78, 5) is 8.87. The van der Waals surface area contributed by atoms with E-state index in [9.17, 15) is 4.39 Å². The van der Waals surface area contributed by atoms with Gasteiger partial charge in [0.15, 0.2) is 5.69 Å². The van der Waals surface area contributed by atoms with Gasteiger partial charge in [0, 0.05) is 11.1 Å². The van der Waals surface area contributed by atoms with Gasteiger partial charge in [-0.1, -0.05) is 53.7 Å². The Labute approximate surface area is 154 Å². The van der Waals surface area contributed by atoms with Crippen molar-refractivity contribution < 1.29 is 13.7 Å². The van der Waals surface area contributed by atoms with E-state index in [0.717, 1.165) is 11.3 Å². The summed E-state index contributed by atoms with van der Waals surface area (Å²) in [5.74, 6) is 0.583. The second-order valence-corrected chi connectivity index (χ2v) is 6.30. The van der Waals surface area contributed by atoms with E-state index >= 15 is 0 Å². The summed E-state index contributed by atoms with van der Waals surface area (Å²) in [6, 6.07) is 16.3. The van der Waals surface area contributed by atoms with Crippen LogP contribution in [-0.2, 0) is 17.9 Å². The number of aromatic nitrogens is 4. The predicted octanol–water partition coefficient (Wildman–Crippen LogP) is 4.01. The molecule has 0 aliphatic carbocycles. The molecule has 0 bridgehead atoms. The second-order valence-electron chi connectivity index (χ2n) is 6.30. The van der Waals surface area contributed by atoms with Gasteiger partial charge >= 0.3 is 0 Å². The third-order valence-electron chi connectivity index (χ3n) is 4.64. The Morgan fingerprint density at radius 1 is 1.04 bits per heavy atom. The van der Waals surface area contributed by atoms with Crippen LogP contribution in [0.25, 0.3) is 23.0 Å². The lowest BCUT2D eigenvalue weighted by Gasteiger charge is -2.25. The fourth-order valence-electron chi connectivity index (χ4n) is 3.25. The van der Waals surface area contributed by atoms with Crippen LogP contribution in [0.4, 0.5) is 4.39 Å². The SMILES string of the molecule is Fc1ccccc1[C@@H]1Cn2cnc(-c3nc(-c4ccccc4)no3)c2CO1. The van der Waals surface area contributed by atoms with Crippen LogP contribution in [0.15, 0.2) is 65.4 Å². The first kappa shape index (κ1) is 15.9. The maximum Gasteiger partial charge on any atom is 0.278 e. The van der Waals surface area contributed by atoms with Crippen LogP contribution in [0.1, 0.15) is 17.4 Å². The summed E-state index contributed by atoms with van der Waals surface area (Å²) in [6.45, 7) is 0.764. The molecule has 2 aromatic carbocycles. The highest BCUT2D eigenvalue weighted by atomic mass is 19.1. The fourth-order valence-corrected chi connectivity index (χ4v) is 3.25. The maximum absolute atomic E-state index is 14.0. The van der Waals surface area contributed by atoms with E-state index in [4.69, 9.17) is 9.26 Å². The highest BCUT2D eigenvalue weighted by Crippen LogP contribution is 2.32. The van der Waals surface area contributed by atoms with Gasteiger partial charge in [0.2, 0.25) is 5.82 Å². The summed E-state index contributed by atoms with van der Waals surface area (Å²) < 4.78 is 27.3. The average molecular weight is 362 g/mol. The van der Waals surface area contributed by atoms with E-state index < -0.39 is 0 Å². The Morgan fingerprint density at radius 3 is 2.70 bits per heavy atom. The molecule has 134 valence electrons. The normalized spacial score (nSPS) is 16.3. The number of halogens is 1. The van der Waals surface area contributed by atoms with E-state index in [1.807, 2.05) is 34.9 Å². The minimum atomic E-state index is -0.358. The minimum absolute atomic E-state index is 0.268. The van der Waals surface area contributed by atoms with Gasteiger partial charge in [-0.3, -0.25) is 0 Å². The number of fused-ring (bicyclic) bond motifs is 1. The van der Waals surface area contributed by atoms with Gasteiger partial charge in [0.05, 0.1) is 25.2 Å². The van der Waals surface area contributed by atoms with Crippen LogP contribution in [-0.4, -0.2) is 19.7 Å². The first-order valence-corrected chi connectivity index (χ1v) is 8.59. The van der Waals surface area contributed by atoms with Crippen LogP contribution < -0.4 is 0 Å². The lowest BCUT2D eigenvalue weighted by Crippen LogP contribution is -2.21. The van der Waals surface area contributed by atoms with Gasteiger partial charge in [-0.2, -0.15) is 4.98 Å². The van der Waals surface area contributed by atoms with Gasteiger partial charge in [-0.15, -0.1) is 0 Å². The molecule has 1 atom stereocenters. The zero-order valence-electron chi connectivity index (χ0n) is 14.2. The quantitative estimate of drug-likeness (QED) is 0.551. The average Bonchev–Trinajstić information content (AvgIpc) is 3.35. The smallest absolute Gasteiger partial charge is 0.278 e. The molecule has 0 unspecified atom stereocenters. The van der Waals surface area contributed by atoms with Crippen molar-refractivity contribution in [1.82, 2.24) is 19.7 Å². The maximum atomic E-state index is 14.0. The molecule has 0 N–H and O–H groups in total. The molecule has 1 aliphatic heterocycles. The molecule has 3 heterocycles. The molecule has 0 saturated heterocycles. The monoisotopic (exact) mass is 362 g/mol. The predicted molar refractivity (Wildman–Crippen MR) is 94.9 cm³/mol. The van der Waals surface area contributed by atoms with Crippen molar-refractivity contribution >= 4 is 0 Å². The lowest BCUT2D eigenvalue weighted by molar-refractivity contribution is 0.00126. The molecule has 2 aromatic heterocycles. The largest absolute Gasteiger partial charge is 0.365 e. The molecule has 0 saturated carbocycles.